The molecule has 0 spiro atoms. The van der Waals surface area contributed by atoms with Gasteiger partial charge in [-0.3, -0.25) is 9.59 Å². The minimum Gasteiger partial charge on any atom is -0.469 e. The molecule has 1 aromatic carbocycles. The number of nitrogens with zero attached hydrogens (tertiary/aromatic N) is 2. The summed E-state index contributed by atoms with van der Waals surface area (Å²) in [6.07, 6.45) is 7.00. The lowest BCUT2D eigenvalue weighted by Gasteiger charge is -2.25. The van der Waals surface area contributed by atoms with Crippen molar-refractivity contribution in [2.45, 2.75) is 33.1 Å². The molecule has 1 amide bonds. The first-order chi connectivity index (χ1) is 12.6. The first kappa shape index (κ1) is 19.8. The number of hydrogen-bond acceptors (Lipinski definition) is 3. The van der Waals surface area contributed by atoms with Gasteiger partial charge in [0.15, 0.2) is 0 Å². The number of amides is 1. The second-order valence-electron chi connectivity index (χ2n) is 6.52. The van der Waals surface area contributed by atoms with Crippen molar-refractivity contribution in [1.29, 1.82) is 0 Å². The first-order valence-electron chi connectivity index (χ1n) is 9.17. The summed E-state index contributed by atoms with van der Waals surface area (Å²) in [6.45, 7) is 4.94. The number of rotatable bonds is 9. The Morgan fingerprint density at radius 1 is 1.12 bits per heavy atom. The number of aromatic nitrogens is 1. The number of carbonyl (C=O) groups is 2. The molecule has 26 heavy (non-hydrogen) atoms. The van der Waals surface area contributed by atoms with Gasteiger partial charge in [0.05, 0.1) is 13.0 Å². The summed E-state index contributed by atoms with van der Waals surface area (Å²) in [5, 5.41) is 0. The highest BCUT2D eigenvalue weighted by Crippen LogP contribution is 2.14. The summed E-state index contributed by atoms with van der Waals surface area (Å²) in [6, 6.07) is 11.5. The monoisotopic (exact) mass is 356 g/mol. The van der Waals surface area contributed by atoms with Gasteiger partial charge in [0.2, 0.25) is 0 Å². The van der Waals surface area contributed by atoms with Crippen LogP contribution in [0, 0.1) is 5.92 Å². The van der Waals surface area contributed by atoms with Gasteiger partial charge in [-0.25, -0.2) is 0 Å². The van der Waals surface area contributed by atoms with Gasteiger partial charge in [0.25, 0.3) is 5.91 Å². The molecule has 1 unspecified atom stereocenters. The normalized spacial score (nSPS) is 11.8. The van der Waals surface area contributed by atoms with Gasteiger partial charge < -0.3 is 14.2 Å². The summed E-state index contributed by atoms with van der Waals surface area (Å²) in [4.78, 5) is 26.5. The Labute approximate surface area is 155 Å². The van der Waals surface area contributed by atoms with Crippen molar-refractivity contribution in [3.63, 3.8) is 0 Å². The van der Waals surface area contributed by atoms with Crippen molar-refractivity contribution < 1.29 is 14.3 Å². The van der Waals surface area contributed by atoms with Crippen molar-refractivity contribution in [2.24, 2.45) is 5.92 Å². The summed E-state index contributed by atoms with van der Waals surface area (Å²) < 4.78 is 6.79. The SMILES string of the molecule is CCCCCN(CC(C)C(=O)OC)C(=O)c1ccc(-n2cccc2)cc1. The molecule has 5 heteroatoms. The second kappa shape index (κ2) is 9.80. The third-order valence-corrected chi connectivity index (χ3v) is 4.43. The first-order valence-corrected chi connectivity index (χ1v) is 9.17. The quantitative estimate of drug-likeness (QED) is 0.505. The van der Waals surface area contributed by atoms with Crippen LogP contribution in [0.1, 0.15) is 43.5 Å². The molecule has 0 aliphatic heterocycles. The molecule has 2 aromatic rings. The van der Waals surface area contributed by atoms with E-state index in [0.717, 1.165) is 24.9 Å². The maximum absolute atomic E-state index is 13.0. The van der Waals surface area contributed by atoms with Crippen LogP contribution in [0.4, 0.5) is 0 Å². The molecule has 0 radical (unpaired) electrons. The Bertz CT molecular complexity index is 693. The van der Waals surface area contributed by atoms with Crippen LogP contribution < -0.4 is 0 Å². The number of unbranched alkanes of at least 4 members (excludes halogenated alkanes) is 2. The Morgan fingerprint density at radius 3 is 2.35 bits per heavy atom. The van der Waals surface area contributed by atoms with E-state index in [1.165, 1.54) is 7.11 Å². The molecule has 0 saturated heterocycles. The van der Waals surface area contributed by atoms with E-state index in [1.807, 2.05) is 53.4 Å². The van der Waals surface area contributed by atoms with E-state index >= 15 is 0 Å². The van der Waals surface area contributed by atoms with Crippen molar-refractivity contribution in [2.75, 3.05) is 20.2 Å². The van der Waals surface area contributed by atoms with Crippen LogP contribution in [0.2, 0.25) is 0 Å². The molecule has 0 bridgehead atoms. The lowest BCUT2D eigenvalue weighted by Crippen LogP contribution is -2.38. The molecular weight excluding hydrogens is 328 g/mol. The molecule has 1 aromatic heterocycles. The van der Waals surface area contributed by atoms with E-state index in [4.69, 9.17) is 4.74 Å². The zero-order valence-electron chi connectivity index (χ0n) is 15.9. The standard InChI is InChI=1S/C21H28N2O3/c1-4-5-6-15-23(16-17(2)21(25)26-3)20(24)18-9-11-19(12-10-18)22-13-7-8-14-22/h7-14,17H,4-6,15-16H2,1-3H3. The lowest BCUT2D eigenvalue weighted by molar-refractivity contribution is -0.145. The van der Waals surface area contributed by atoms with Gasteiger partial charge >= 0.3 is 5.97 Å². The maximum Gasteiger partial charge on any atom is 0.310 e. The number of benzene rings is 1. The van der Waals surface area contributed by atoms with Crippen molar-refractivity contribution in [3.8, 4) is 5.69 Å². The van der Waals surface area contributed by atoms with E-state index in [2.05, 4.69) is 6.92 Å². The fourth-order valence-electron chi connectivity index (χ4n) is 2.90. The highest BCUT2D eigenvalue weighted by molar-refractivity contribution is 5.94. The van der Waals surface area contributed by atoms with E-state index in [1.54, 1.807) is 11.8 Å². The van der Waals surface area contributed by atoms with E-state index in [9.17, 15) is 9.59 Å². The second-order valence-corrected chi connectivity index (χ2v) is 6.52. The van der Waals surface area contributed by atoms with Gasteiger partial charge in [-0.05, 0) is 42.8 Å². The number of carbonyl (C=O) groups excluding carboxylic acids is 2. The Morgan fingerprint density at radius 2 is 1.77 bits per heavy atom. The van der Waals surface area contributed by atoms with Gasteiger partial charge in [-0.1, -0.05) is 26.7 Å². The average molecular weight is 356 g/mol. The van der Waals surface area contributed by atoms with Crippen LogP contribution in [-0.4, -0.2) is 41.5 Å². The van der Waals surface area contributed by atoms with Gasteiger partial charge in [0, 0.05) is 36.7 Å². The predicted molar refractivity (Wildman–Crippen MR) is 102 cm³/mol. The van der Waals surface area contributed by atoms with Crippen molar-refractivity contribution in [1.82, 2.24) is 9.47 Å². The third-order valence-electron chi connectivity index (χ3n) is 4.43. The van der Waals surface area contributed by atoms with Crippen LogP contribution in [-0.2, 0) is 9.53 Å². The molecule has 0 aliphatic rings. The Kier molecular flexibility index (Phi) is 7.45. The zero-order valence-corrected chi connectivity index (χ0v) is 15.9. The number of hydrogen-bond donors (Lipinski definition) is 0. The topological polar surface area (TPSA) is 51.5 Å². The highest BCUT2D eigenvalue weighted by Gasteiger charge is 2.22. The molecule has 5 nitrogen and oxygen atoms in total. The molecule has 0 aliphatic carbocycles. The van der Waals surface area contributed by atoms with Crippen molar-refractivity contribution >= 4 is 11.9 Å². The van der Waals surface area contributed by atoms with Crippen LogP contribution in [0.5, 0.6) is 0 Å². The van der Waals surface area contributed by atoms with Crippen LogP contribution in [0.3, 0.4) is 0 Å². The Balaban J connectivity index is 2.12. The predicted octanol–water partition coefficient (Wildman–Crippen LogP) is 3.92. The molecule has 1 heterocycles. The summed E-state index contributed by atoms with van der Waals surface area (Å²) in [5.74, 6) is -0.679. The maximum atomic E-state index is 13.0. The van der Waals surface area contributed by atoms with Crippen LogP contribution in [0.15, 0.2) is 48.8 Å². The molecule has 0 saturated carbocycles. The lowest BCUT2D eigenvalue weighted by atomic mass is 10.1. The summed E-state index contributed by atoms with van der Waals surface area (Å²) in [7, 11) is 1.38. The largest absolute Gasteiger partial charge is 0.469 e. The smallest absolute Gasteiger partial charge is 0.310 e. The van der Waals surface area contributed by atoms with E-state index < -0.39 is 0 Å². The molecule has 1 atom stereocenters. The minimum absolute atomic E-state index is 0.0455. The third kappa shape index (κ3) is 5.22. The van der Waals surface area contributed by atoms with Crippen molar-refractivity contribution in [3.05, 3.63) is 54.4 Å². The van der Waals surface area contributed by atoms with Gasteiger partial charge in [-0.2, -0.15) is 0 Å². The highest BCUT2D eigenvalue weighted by atomic mass is 16.5. The summed E-state index contributed by atoms with van der Waals surface area (Å²) in [5.41, 5.74) is 1.64. The summed E-state index contributed by atoms with van der Waals surface area (Å²) >= 11 is 0. The van der Waals surface area contributed by atoms with E-state index in [0.29, 0.717) is 18.7 Å². The number of ether oxygens (including phenoxy) is 1. The molecular formula is C21H28N2O3. The molecule has 0 fully saturated rings. The zero-order chi connectivity index (χ0) is 18.9. The average Bonchev–Trinajstić information content (AvgIpc) is 3.21. The minimum atomic E-state index is -0.343. The van der Waals surface area contributed by atoms with E-state index in [-0.39, 0.29) is 17.8 Å². The molecule has 2 rings (SSSR count). The molecule has 0 N–H and O–H groups in total. The van der Waals surface area contributed by atoms with Gasteiger partial charge in [0.1, 0.15) is 0 Å². The molecule has 140 valence electrons. The van der Waals surface area contributed by atoms with Gasteiger partial charge in [-0.15, -0.1) is 0 Å². The van der Waals surface area contributed by atoms with Crippen LogP contribution in [0.25, 0.3) is 5.69 Å². The fraction of sp³-hybridized carbons (Fsp3) is 0.429. The Hall–Kier alpha value is -2.56. The van der Waals surface area contributed by atoms with Crippen LogP contribution >= 0.6 is 0 Å². The number of esters is 1. The fourth-order valence-corrected chi connectivity index (χ4v) is 2.90. The number of methoxy groups -OCH3 is 1.